The molecule has 1 atom stereocenters. The summed E-state index contributed by atoms with van der Waals surface area (Å²) in [5, 5.41) is 0. The van der Waals surface area contributed by atoms with Gasteiger partial charge in [-0.05, 0) is 31.5 Å². The minimum absolute atomic E-state index is 0.0899. The van der Waals surface area contributed by atoms with E-state index in [1.807, 2.05) is 35.7 Å². The van der Waals surface area contributed by atoms with Crippen molar-refractivity contribution in [3.8, 4) is 5.75 Å². The number of nitrogens with zero attached hydrogens (tertiary/aromatic N) is 4. The van der Waals surface area contributed by atoms with Gasteiger partial charge in [0.25, 0.3) is 0 Å². The van der Waals surface area contributed by atoms with Gasteiger partial charge in [0.1, 0.15) is 11.4 Å². The maximum atomic E-state index is 13.8. The molecule has 3 heterocycles. The Balaban J connectivity index is 1.65. The zero-order valence-electron chi connectivity index (χ0n) is 21.2. The van der Waals surface area contributed by atoms with Crippen LogP contribution in [0.1, 0.15) is 36.2 Å². The first kappa shape index (κ1) is 25.4. The third-order valence-corrected chi connectivity index (χ3v) is 6.86. The predicted molar refractivity (Wildman–Crippen MR) is 134 cm³/mol. The van der Waals surface area contributed by atoms with E-state index < -0.39 is 5.41 Å². The number of carbonyl (C=O) groups is 3. The second-order valence-corrected chi connectivity index (χ2v) is 9.16. The number of para-hydroxylation sites is 1. The number of likely N-dealkylation sites (tertiary alicyclic amines) is 1. The van der Waals surface area contributed by atoms with Gasteiger partial charge in [0.15, 0.2) is 0 Å². The number of methoxy groups -OCH3 is 2. The number of pyridine rings is 1. The lowest BCUT2D eigenvalue weighted by Gasteiger charge is -2.30. The quantitative estimate of drug-likeness (QED) is 0.319. The maximum absolute atomic E-state index is 13.8. The molecule has 0 bridgehead atoms. The number of imide groups is 1. The summed E-state index contributed by atoms with van der Waals surface area (Å²) in [5.41, 5.74) is 1.74. The number of rotatable bonds is 10. The highest BCUT2D eigenvalue weighted by molar-refractivity contribution is 6.11. The number of carbonyl (C=O) groups excluding carboxylic acids is 3. The number of imidazole rings is 1. The van der Waals surface area contributed by atoms with Crippen LogP contribution in [0.3, 0.4) is 0 Å². The predicted octanol–water partition coefficient (Wildman–Crippen LogP) is 2.73. The van der Waals surface area contributed by atoms with Gasteiger partial charge in [-0.2, -0.15) is 0 Å². The third-order valence-electron chi connectivity index (χ3n) is 6.86. The number of hydrogen-bond acceptors (Lipinski definition) is 6. The third kappa shape index (κ3) is 4.58. The normalized spacial score (nSPS) is 17.7. The number of aromatic nitrogens is 2. The highest BCUT2D eigenvalue weighted by Crippen LogP contribution is 2.44. The number of ether oxygens (including phenoxy) is 2. The Kier molecular flexibility index (Phi) is 7.40. The van der Waals surface area contributed by atoms with Crippen LogP contribution in [0.15, 0.2) is 48.7 Å². The second kappa shape index (κ2) is 10.5. The summed E-state index contributed by atoms with van der Waals surface area (Å²) in [5.74, 6) is -0.438. The average Bonchev–Trinajstić information content (AvgIpc) is 3.32. The summed E-state index contributed by atoms with van der Waals surface area (Å²) in [6, 6.07) is 12.9. The molecule has 1 aliphatic rings. The molecule has 9 heteroatoms. The highest BCUT2D eigenvalue weighted by atomic mass is 16.5. The molecule has 4 rings (SSSR count). The largest absolute Gasteiger partial charge is 0.496 e. The summed E-state index contributed by atoms with van der Waals surface area (Å²) in [7, 11) is 4.80. The second-order valence-electron chi connectivity index (χ2n) is 9.16. The Morgan fingerprint density at radius 1 is 1.14 bits per heavy atom. The number of aryl methyl sites for hydroxylation is 1. The van der Waals surface area contributed by atoms with E-state index in [2.05, 4.69) is 4.98 Å². The van der Waals surface area contributed by atoms with Gasteiger partial charge in [0.2, 0.25) is 17.7 Å². The molecule has 3 amide bonds. The topological polar surface area (TPSA) is 93.5 Å². The van der Waals surface area contributed by atoms with E-state index in [0.29, 0.717) is 30.9 Å². The van der Waals surface area contributed by atoms with Gasteiger partial charge >= 0.3 is 0 Å². The summed E-state index contributed by atoms with van der Waals surface area (Å²) >= 11 is 0. The minimum atomic E-state index is -1.34. The molecule has 1 aliphatic heterocycles. The van der Waals surface area contributed by atoms with E-state index in [1.54, 1.807) is 43.3 Å². The van der Waals surface area contributed by atoms with Crippen molar-refractivity contribution in [2.45, 2.75) is 38.1 Å². The zero-order valence-corrected chi connectivity index (χ0v) is 21.2. The summed E-state index contributed by atoms with van der Waals surface area (Å²) in [6.07, 6.45) is 2.20. The van der Waals surface area contributed by atoms with E-state index in [9.17, 15) is 14.4 Å². The molecule has 1 fully saturated rings. The summed E-state index contributed by atoms with van der Waals surface area (Å²) in [6.45, 7) is 2.90. The van der Waals surface area contributed by atoms with Crippen molar-refractivity contribution in [2.75, 3.05) is 34.4 Å². The molecule has 0 radical (unpaired) electrons. The van der Waals surface area contributed by atoms with Gasteiger partial charge in [-0.15, -0.1) is 0 Å². The lowest BCUT2D eigenvalue weighted by molar-refractivity contribution is -0.142. The number of fused-ring (bicyclic) bond motifs is 1. The number of benzene rings is 1. The first-order chi connectivity index (χ1) is 17.3. The number of amides is 3. The van der Waals surface area contributed by atoms with Crippen LogP contribution in [-0.2, 0) is 31.1 Å². The van der Waals surface area contributed by atoms with Crippen LogP contribution in [-0.4, -0.2) is 71.3 Å². The van der Waals surface area contributed by atoms with Crippen molar-refractivity contribution in [2.24, 2.45) is 0 Å². The summed E-state index contributed by atoms with van der Waals surface area (Å²) < 4.78 is 12.6. The highest BCUT2D eigenvalue weighted by Gasteiger charge is 2.55. The lowest BCUT2D eigenvalue weighted by atomic mass is 9.75. The van der Waals surface area contributed by atoms with Crippen molar-refractivity contribution < 1.29 is 23.9 Å². The Labute approximate surface area is 210 Å². The Bertz CT molecular complexity index is 1290. The first-order valence-electron chi connectivity index (χ1n) is 12.0. The molecule has 36 heavy (non-hydrogen) atoms. The van der Waals surface area contributed by atoms with Crippen molar-refractivity contribution >= 4 is 23.4 Å². The molecule has 3 aromatic rings. The van der Waals surface area contributed by atoms with Gasteiger partial charge in [-0.1, -0.05) is 24.3 Å². The van der Waals surface area contributed by atoms with Gasteiger partial charge in [-0.3, -0.25) is 19.3 Å². The van der Waals surface area contributed by atoms with Crippen molar-refractivity contribution in [3.05, 3.63) is 65.6 Å². The van der Waals surface area contributed by atoms with E-state index in [1.165, 1.54) is 12.0 Å². The van der Waals surface area contributed by atoms with Gasteiger partial charge in [-0.25, -0.2) is 4.98 Å². The van der Waals surface area contributed by atoms with E-state index in [0.717, 1.165) is 17.0 Å². The van der Waals surface area contributed by atoms with Crippen LogP contribution < -0.4 is 4.74 Å². The molecule has 1 aromatic carbocycles. The lowest BCUT2D eigenvalue weighted by Crippen LogP contribution is -2.43. The Hall–Kier alpha value is -3.72. The van der Waals surface area contributed by atoms with Crippen LogP contribution in [0, 0.1) is 6.92 Å². The molecule has 0 unspecified atom stereocenters. The smallest absolute Gasteiger partial charge is 0.241 e. The van der Waals surface area contributed by atoms with Crippen LogP contribution in [0.2, 0.25) is 0 Å². The monoisotopic (exact) mass is 492 g/mol. The minimum Gasteiger partial charge on any atom is -0.496 e. The maximum Gasteiger partial charge on any atom is 0.241 e. The molecule has 0 saturated carbocycles. The molecule has 0 aliphatic carbocycles. The molecular formula is C27H32N4O5. The van der Waals surface area contributed by atoms with Crippen molar-refractivity contribution in [1.29, 1.82) is 0 Å². The van der Waals surface area contributed by atoms with Crippen molar-refractivity contribution in [1.82, 2.24) is 19.2 Å². The van der Waals surface area contributed by atoms with Crippen molar-refractivity contribution in [3.63, 3.8) is 0 Å². The molecule has 1 saturated heterocycles. The van der Waals surface area contributed by atoms with E-state index in [4.69, 9.17) is 9.47 Å². The van der Waals surface area contributed by atoms with Gasteiger partial charge in [0, 0.05) is 51.9 Å². The fraction of sp³-hybridized carbons (Fsp3) is 0.407. The van der Waals surface area contributed by atoms with Crippen LogP contribution in [0.25, 0.3) is 5.65 Å². The number of hydrogen-bond donors (Lipinski definition) is 0. The fourth-order valence-electron chi connectivity index (χ4n) is 4.94. The first-order valence-corrected chi connectivity index (χ1v) is 12.0. The molecule has 9 nitrogen and oxygen atoms in total. The Morgan fingerprint density at radius 3 is 2.64 bits per heavy atom. The van der Waals surface area contributed by atoms with E-state index in [-0.39, 0.29) is 37.1 Å². The van der Waals surface area contributed by atoms with E-state index >= 15 is 0 Å². The standard InChI is InChI=1S/C27H32N4O5/c1-19-21(30-13-8-7-12-23(30)28-19)18-29(2)24(32)16-27(20-10-5-6-11-22(20)36-4)17-25(33)31(26(27)34)14-9-15-35-3/h5-8,10-13H,9,14-18H2,1-4H3/t27-/m1/s1. The van der Waals surface area contributed by atoms with Crippen LogP contribution in [0.4, 0.5) is 0 Å². The molecule has 190 valence electrons. The summed E-state index contributed by atoms with van der Waals surface area (Å²) in [4.78, 5) is 47.9. The molecule has 2 aromatic heterocycles. The molecular weight excluding hydrogens is 460 g/mol. The molecule has 0 N–H and O–H groups in total. The molecule has 0 spiro atoms. The van der Waals surface area contributed by atoms with Crippen LogP contribution >= 0.6 is 0 Å². The SMILES string of the molecule is COCCCN1C(=O)C[C@](CC(=O)N(C)Cc2c(C)nc3ccccn23)(c2ccccc2OC)C1=O. The average molecular weight is 493 g/mol. The van der Waals surface area contributed by atoms with Crippen LogP contribution in [0.5, 0.6) is 5.75 Å². The van der Waals surface area contributed by atoms with Gasteiger partial charge in [0.05, 0.1) is 30.5 Å². The zero-order chi connectivity index (χ0) is 25.9. The van der Waals surface area contributed by atoms with Gasteiger partial charge < -0.3 is 18.8 Å². The Morgan fingerprint density at radius 2 is 1.89 bits per heavy atom. The fourth-order valence-corrected chi connectivity index (χ4v) is 4.94.